The second-order valence-electron chi connectivity index (χ2n) is 9.17. The van der Waals surface area contributed by atoms with E-state index in [1.165, 1.54) is 30.2 Å². The van der Waals surface area contributed by atoms with Gasteiger partial charge in [-0.1, -0.05) is 24.3 Å². The Morgan fingerprint density at radius 2 is 1.78 bits per heavy atom. The summed E-state index contributed by atoms with van der Waals surface area (Å²) in [5.41, 5.74) is 3.82. The van der Waals surface area contributed by atoms with Crippen LogP contribution < -0.4 is 4.90 Å². The topological polar surface area (TPSA) is 62.2 Å². The summed E-state index contributed by atoms with van der Waals surface area (Å²) >= 11 is 0. The number of aromatic nitrogens is 3. The molecule has 0 unspecified atom stereocenters. The van der Waals surface area contributed by atoms with Gasteiger partial charge < -0.3 is 9.80 Å². The van der Waals surface area contributed by atoms with E-state index in [1.54, 1.807) is 0 Å². The minimum atomic E-state index is 0.0408. The average Bonchev–Trinajstić information content (AvgIpc) is 2.84. The lowest BCUT2D eigenvalue weighted by molar-refractivity contribution is 0.0684. The van der Waals surface area contributed by atoms with Gasteiger partial charge in [0.15, 0.2) is 0 Å². The maximum absolute atomic E-state index is 13.2. The van der Waals surface area contributed by atoms with Crippen LogP contribution in [0.3, 0.4) is 0 Å². The summed E-state index contributed by atoms with van der Waals surface area (Å²) < 4.78 is 0. The van der Waals surface area contributed by atoms with Gasteiger partial charge in [-0.25, -0.2) is 9.97 Å². The van der Waals surface area contributed by atoms with E-state index in [-0.39, 0.29) is 5.91 Å². The second kappa shape index (κ2) is 9.23. The van der Waals surface area contributed by atoms with E-state index in [1.807, 2.05) is 30.2 Å². The van der Waals surface area contributed by atoms with Crippen LogP contribution in [0.15, 0.2) is 42.6 Å². The Kier molecular flexibility index (Phi) is 6.02. The summed E-state index contributed by atoms with van der Waals surface area (Å²) in [7, 11) is 0. The molecule has 6 nitrogen and oxygen atoms in total. The number of carbonyl (C=O) groups excluding carboxylic acids is 1. The molecule has 6 heteroatoms. The number of piperidine rings is 2. The molecule has 2 fully saturated rings. The predicted molar refractivity (Wildman–Crippen MR) is 127 cm³/mol. The Morgan fingerprint density at radius 3 is 2.59 bits per heavy atom. The Balaban J connectivity index is 1.24. The maximum atomic E-state index is 13.2. The van der Waals surface area contributed by atoms with Crippen LogP contribution in [0.5, 0.6) is 0 Å². The Morgan fingerprint density at radius 1 is 1.00 bits per heavy atom. The number of para-hydroxylation sites is 1. The molecule has 1 aromatic carbocycles. The molecule has 0 bridgehead atoms. The maximum Gasteiger partial charge on any atom is 0.272 e. The highest BCUT2D eigenvalue weighted by Crippen LogP contribution is 2.26. The molecule has 0 N–H and O–H groups in total. The summed E-state index contributed by atoms with van der Waals surface area (Å²) in [6, 6.07) is 12.4. The van der Waals surface area contributed by atoms with Crippen molar-refractivity contribution < 1.29 is 4.79 Å². The van der Waals surface area contributed by atoms with E-state index >= 15 is 0 Å². The van der Waals surface area contributed by atoms with E-state index in [4.69, 9.17) is 0 Å². The van der Waals surface area contributed by atoms with Crippen LogP contribution in [0, 0.1) is 12.8 Å². The number of likely N-dealkylation sites (tertiary alicyclic amines) is 1. The number of hydrogen-bond donors (Lipinski definition) is 0. The molecule has 32 heavy (non-hydrogen) atoms. The number of aryl methyl sites for hydroxylation is 1. The molecule has 3 aromatic rings. The number of carbonyl (C=O) groups is 1. The zero-order valence-electron chi connectivity index (χ0n) is 18.8. The third kappa shape index (κ3) is 4.45. The summed E-state index contributed by atoms with van der Waals surface area (Å²) in [5, 5.41) is 1.20. The van der Waals surface area contributed by atoms with Gasteiger partial charge in [-0.3, -0.25) is 9.78 Å². The van der Waals surface area contributed by atoms with Crippen molar-refractivity contribution in [1.29, 1.82) is 0 Å². The number of pyridine rings is 1. The Bertz CT molecular complexity index is 1100. The predicted octanol–water partition coefficient (Wildman–Crippen LogP) is 4.42. The molecule has 2 aliphatic heterocycles. The van der Waals surface area contributed by atoms with Crippen LogP contribution in [0.1, 0.15) is 53.8 Å². The van der Waals surface area contributed by atoms with Gasteiger partial charge in [0.05, 0.1) is 5.52 Å². The monoisotopic (exact) mass is 429 g/mol. The first-order valence-electron chi connectivity index (χ1n) is 11.9. The Hall–Kier alpha value is -3.02. The quantitative estimate of drug-likeness (QED) is 0.614. The molecule has 0 atom stereocenters. The van der Waals surface area contributed by atoms with Crippen molar-refractivity contribution in [1.82, 2.24) is 19.9 Å². The zero-order chi connectivity index (χ0) is 21.9. The molecule has 5 rings (SSSR count). The van der Waals surface area contributed by atoms with Crippen LogP contribution in [-0.4, -0.2) is 51.9 Å². The van der Waals surface area contributed by atoms with E-state index in [0.717, 1.165) is 56.7 Å². The summed E-state index contributed by atoms with van der Waals surface area (Å²) in [4.78, 5) is 31.3. The first-order valence-corrected chi connectivity index (χ1v) is 11.9. The lowest BCUT2D eigenvalue weighted by Crippen LogP contribution is -2.39. The van der Waals surface area contributed by atoms with Gasteiger partial charge in [-0.2, -0.15) is 0 Å². The van der Waals surface area contributed by atoms with Gasteiger partial charge in [0, 0.05) is 43.5 Å². The van der Waals surface area contributed by atoms with Crippen molar-refractivity contribution in [2.45, 2.75) is 45.4 Å². The van der Waals surface area contributed by atoms with E-state index in [0.29, 0.717) is 17.6 Å². The summed E-state index contributed by atoms with van der Waals surface area (Å²) in [6.45, 7) is 5.47. The molecular weight excluding hydrogens is 398 g/mol. The standard InChI is InChI=1S/C26H31N5O/c1-19-17-23(29-26(28-19)31-13-3-2-4-14-31)25(32)30-15-10-20(11-16-30)18-22-8-5-7-21-9-6-12-27-24(21)22/h5-9,12,17,20H,2-4,10-11,13-16,18H2,1H3. The van der Waals surface area contributed by atoms with Crippen molar-refractivity contribution in [2.24, 2.45) is 5.92 Å². The zero-order valence-corrected chi connectivity index (χ0v) is 18.8. The van der Waals surface area contributed by atoms with Gasteiger partial charge in [0.25, 0.3) is 5.91 Å². The molecule has 2 saturated heterocycles. The van der Waals surface area contributed by atoms with Gasteiger partial charge >= 0.3 is 0 Å². The van der Waals surface area contributed by atoms with Crippen molar-refractivity contribution >= 4 is 22.8 Å². The van der Waals surface area contributed by atoms with Crippen LogP contribution in [0.25, 0.3) is 10.9 Å². The molecule has 0 radical (unpaired) electrons. The number of benzene rings is 1. The first-order chi connectivity index (χ1) is 15.7. The van der Waals surface area contributed by atoms with Crippen molar-refractivity contribution in [3.05, 3.63) is 59.5 Å². The number of amides is 1. The number of nitrogens with zero attached hydrogens (tertiary/aromatic N) is 5. The van der Waals surface area contributed by atoms with Crippen molar-refractivity contribution in [3.8, 4) is 0 Å². The minimum Gasteiger partial charge on any atom is -0.341 e. The third-order valence-corrected chi connectivity index (χ3v) is 6.83. The smallest absolute Gasteiger partial charge is 0.272 e. The molecule has 0 aliphatic carbocycles. The lowest BCUT2D eigenvalue weighted by atomic mass is 9.89. The fourth-order valence-electron chi connectivity index (χ4n) is 5.04. The molecule has 2 aromatic heterocycles. The summed E-state index contributed by atoms with van der Waals surface area (Å²) in [5.74, 6) is 1.33. The van der Waals surface area contributed by atoms with E-state index < -0.39 is 0 Å². The van der Waals surface area contributed by atoms with E-state index in [2.05, 4.69) is 44.1 Å². The highest BCUT2D eigenvalue weighted by Gasteiger charge is 2.26. The third-order valence-electron chi connectivity index (χ3n) is 6.83. The van der Waals surface area contributed by atoms with Gasteiger partial charge in [-0.15, -0.1) is 0 Å². The minimum absolute atomic E-state index is 0.0408. The van der Waals surface area contributed by atoms with E-state index in [9.17, 15) is 4.79 Å². The second-order valence-corrected chi connectivity index (χ2v) is 9.17. The van der Waals surface area contributed by atoms with Crippen LogP contribution >= 0.6 is 0 Å². The molecule has 166 valence electrons. The normalized spacial score (nSPS) is 17.7. The van der Waals surface area contributed by atoms with Gasteiger partial charge in [-0.05, 0) is 69.1 Å². The highest BCUT2D eigenvalue weighted by atomic mass is 16.2. The summed E-state index contributed by atoms with van der Waals surface area (Å²) in [6.07, 6.45) is 8.51. The molecular formula is C26H31N5O. The molecule has 1 amide bonds. The molecule has 0 spiro atoms. The molecule has 2 aliphatic rings. The molecule has 4 heterocycles. The van der Waals surface area contributed by atoms with Crippen molar-refractivity contribution in [3.63, 3.8) is 0 Å². The van der Waals surface area contributed by atoms with Crippen LogP contribution in [0.4, 0.5) is 5.95 Å². The number of fused-ring (bicyclic) bond motifs is 1. The Labute approximate surface area is 189 Å². The van der Waals surface area contributed by atoms with Crippen LogP contribution in [0.2, 0.25) is 0 Å². The number of hydrogen-bond acceptors (Lipinski definition) is 5. The number of anilines is 1. The highest BCUT2D eigenvalue weighted by molar-refractivity contribution is 5.92. The first kappa shape index (κ1) is 20.9. The van der Waals surface area contributed by atoms with Crippen LogP contribution in [-0.2, 0) is 6.42 Å². The molecule has 0 saturated carbocycles. The fraction of sp³-hybridized carbons (Fsp3) is 0.462. The SMILES string of the molecule is Cc1cc(C(=O)N2CCC(Cc3cccc4cccnc34)CC2)nc(N2CCCCC2)n1. The lowest BCUT2D eigenvalue weighted by Gasteiger charge is -2.32. The average molecular weight is 430 g/mol. The van der Waals surface area contributed by atoms with Gasteiger partial charge in [0.2, 0.25) is 5.95 Å². The largest absolute Gasteiger partial charge is 0.341 e. The number of rotatable bonds is 4. The fourth-order valence-corrected chi connectivity index (χ4v) is 5.04. The van der Waals surface area contributed by atoms with Gasteiger partial charge in [0.1, 0.15) is 5.69 Å². The van der Waals surface area contributed by atoms with Crippen molar-refractivity contribution in [2.75, 3.05) is 31.1 Å².